The predicted molar refractivity (Wildman–Crippen MR) is 136 cm³/mol. The zero-order chi connectivity index (χ0) is 27.2. The lowest BCUT2D eigenvalue weighted by molar-refractivity contribution is -0.311. The van der Waals surface area contributed by atoms with Crippen LogP contribution in [0.3, 0.4) is 0 Å². The van der Waals surface area contributed by atoms with Gasteiger partial charge < -0.3 is 44.5 Å². The van der Waals surface area contributed by atoms with Gasteiger partial charge in [0.15, 0.2) is 12.4 Å². The standard InChI is InChI=1S/C28H42O10/c1-16-24(30)25(31)26(32)28(35-16)38-22-10-6-5-9-21(22)36-19-11-18(15-29)12-20(14-19)37-23(27(33)34)13-17-7-3-2-4-8-17/h11-12,14,16-17,21-26,28-32H,2-10,13,15H2,1H3,(H,33,34)/t16-,21+,22+,23-,24+,25+,26-,28-/m0/s1. The van der Waals surface area contributed by atoms with Crippen LogP contribution in [0.2, 0.25) is 0 Å². The predicted octanol–water partition coefficient (Wildman–Crippen LogP) is 2.52. The van der Waals surface area contributed by atoms with Crippen molar-refractivity contribution in [2.45, 2.75) is 127 Å². The summed E-state index contributed by atoms with van der Waals surface area (Å²) in [4.78, 5) is 12.0. The van der Waals surface area contributed by atoms with E-state index in [4.69, 9.17) is 18.9 Å². The molecule has 2 aliphatic carbocycles. The first kappa shape index (κ1) is 29.0. The minimum atomic E-state index is -1.40. The van der Waals surface area contributed by atoms with Crippen LogP contribution in [-0.2, 0) is 20.9 Å². The summed E-state index contributed by atoms with van der Waals surface area (Å²) in [5.41, 5.74) is 0.532. The van der Waals surface area contributed by atoms with E-state index in [-0.39, 0.29) is 6.61 Å². The molecule has 10 heteroatoms. The van der Waals surface area contributed by atoms with Gasteiger partial charge in [0.05, 0.1) is 18.8 Å². The van der Waals surface area contributed by atoms with Crippen LogP contribution in [0.1, 0.15) is 76.7 Å². The molecule has 1 aliphatic heterocycles. The van der Waals surface area contributed by atoms with Crippen LogP contribution in [-0.4, -0.2) is 80.5 Å². The first-order valence-electron chi connectivity index (χ1n) is 13.9. The van der Waals surface area contributed by atoms with E-state index in [1.807, 2.05) is 0 Å². The summed E-state index contributed by atoms with van der Waals surface area (Å²) in [6.45, 7) is 1.34. The van der Waals surface area contributed by atoms with Crippen LogP contribution in [0.25, 0.3) is 0 Å². The van der Waals surface area contributed by atoms with E-state index in [0.717, 1.165) is 38.5 Å². The van der Waals surface area contributed by atoms with E-state index in [9.17, 15) is 30.3 Å². The van der Waals surface area contributed by atoms with E-state index in [1.54, 1.807) is 25.1 Å². The molecule has 1 aromatic carbocycles. The van der Waals surface area contributed by atoms with Crippen LogP contribution in [0, 0.1) is 5.92 Å². The molecule has 3 fully saturated rings. The number of rotatable bonds is 10. The van der Waals surface area contributed by atoms with Gasteiger partial charge in [-0.15, -0.1) is 0 Å². The second kappa shape index (κ2) is 13.4. The Bertz CT molecular complexity index is 904. The lowest BCUT2D eigenvalue weighted by Crippen LogP contribution is -2.58. The molecule has 1 aromatic rings. The Balaban J connectivity index is 1.45. The minimum Gasteiger partial charge on any atom is -0.488 e. The van der Waals surface area contributed by atoms with Crippen LogP contribution in [0.5, 0.6) is 11.5 Å². The average molecular weight is 539 g/mol. The molecular weight excluding hydrogens is 496 g/mol. The minimum absolute atomic E-state index is 0.265. The van der Waals surface area contributed by atoms with Crippen molar-refractivity contribution in [3.05, 3.63) is 23.8 Å². The number of hydrogen-bond acceptors (Lipinski definition) is 9. The average Bonchev–Trinajstić information content (AvgIpc) is 2.91. The normalized spacial score (nSPS) is 33.4. The Morgan fingerprint density at radius 2 is 1.58 bits per heavy atom. The molecule has 1 saturated heterocycles. The van der Waals surface area contributed by atoms with Crippen LogP contribution < -0.4 is 9.47 Å². The third kappa shape index (κ3) is 7.37. The first-order valence-corrected chi connectivity index (χ1v) is 13.9. The van der Waals surface area contributed by atoms with Gasteiger partial charge >= 0.3 is 5.97 Å². The van der Waals surface area contributed by atoms with Gasteiger partial charge in [0.1, 0.15) is 35.9 Å². The number of aliphatic hydroxyl groups excluding tert-OH is 4. The molecule has 10 nitrogen and oxygen atoms in total. The van der Waals surface area contributed by atoms with Crippen molar-refractivity contribution in [2.24, 2.45) is 5.92 Å². The molecule has 2 saturated carbocycles. The molecule has 3 aliphatic rings. The highest BCUT2D eigenvalue weighted by Crippen LogP contribution is 2.33. The Kier molecular flexibility index (Phi) is 10.2. The van der Waals surface area contributed by atoms with Crippen LogP contribution in [0.15, 0.2) is 18.2 Å². The van der Waals surface area contributed by atoms with Crippen molar-refractivity contribution >= 4 is 5.97 Å². The lowest BCUT2D eigenvalue weighted by Gasteiger charge is -2.42. The van der Waals surface area contributed by atoms with E-state index in [1.165, 1.54) is 6.42 Å². The molecule has 0 bridgehead atoms. The van der Waals surface area contributed by atoms with Gasteiger partial charge in [-0.2, -0.15) is 0 Å². The fourth-order valence-corrected chi connectivity index (χ4v) is 5.77. The molecule has 0 radical (unpaired) electrons. The molecule has 8 atom stereocenters. The summed E-state index contributed by atoms with van der Waals surface area (Å²) in [7, 11) is 0. The zero-order valence-electron chi connectivity index (χ0n) is 22.0. The second-order valence-electron chi connectivity index (χ2n) is 11.0. The fourth-order valence-electron chi connectivity index (χ4n) is 5.77. The van der Waals surface area contributed by atoms with Gasteiger partial charge in [-0.3, -0.25) is 0 Å². The molecule has 0 unspecified atom stereocenters. The Morgan fingerprint density at radius 3 is 2.26 bits per heavy atom. The number of benzene rings is 1. The van der Waals surface area contributed by atoms with Crippen molar-refractivity contribution in [3.8, 4) is 11.5 Å². The molecule has 0 aromatic heterocycles. The van der Waals surface area contributed by atoms with E-state index >= 15 is 0 Å². The van der Waals surface area contributed by atoms with Crippen LogP contribution in [0.4, 0.5) is 0 Å². The highest BCUT2D eigenvalue weighted by Gasteiger charge is 2.44. The summed E-state index contributed by atoms with van der Waals surface area (Å²) >= 11 is 0. The Labute approximate surface area is 223 Å². The van der Waals surface area contributed by atoms with Crippen LogP contribution >= 0.6 is 0 Å². The summed E-state index contributed by atoms with van der Waals surface area (Å²) in [5.74, 6) is 0.0463. The lowest BCUT2D eigenvalue weighted by atomic mass is 9.85. The molecule has 1 heterocycles. The van der Waals surface area contributed by atoms with Crippen molar-refractivity contribution in [1.82, 2.24) is 0 Å². The SMILES string of the molecule is C[C@@H]1O[C@@H](O[C@@H]2CCCC[C@H]2Oc2cc(CO)cc(O[C@@H](CC3CCCCC3)C(=O)O)c2)[C@@H](O)[C@H](O)[C@@H]1O. The number of ether oxygens (including phenoxy) is 4. The van der Waals surface area contributed by atoms with Gasteiger partial charge in [0.2, 0.25) is 0 Å². The molecule has 38 heavy (non-hydrogen) atoms. The fraction of sp³-hybridized carbons (Fsp3) is 0.750. The molecule has 214 valence electrons. The second-order valence-corrected chi connectivity index (χ2v) is 11.0. The third-order valence-electron chi connectivity index (χ3n) is 8.00. The smallest absolute Gasteiger partial charge is 0.344 e. The number of carboxylic acids is 1. The summed E-state index contributed by atoms with van der Waals surface area (Å²) < 4.78 is 23.9. The quantitative estimate of drug-likeness (QED) is 0.300. The van der Waals surface area contributed by atoms with Gasteiger partial charge in [-0.25, -0.2) is 4.79 Å². The van der Waals surface area contributed by atoms with E-state index in [2.05, 4.69) is 0 Å². The van der Waals surface area contributed by atoms with E-state index < -0.39 is 55.0 Å². The number of carbonyl (C=O) groups is 1. The van der Waals surface area contributed by atoms with Gasteiger partial charge in [0.25, 0.3) is 0 Å². The summed E-state index contributed by atoms with van der Waals surface area (Å²) in [5, 5.41) is 50.1. The van der Waals surface area contributed by atoms with Gasteiger partial charge in [0, 0.05) is 6.07 Å². The van der Waals surface area contributed by atoms with Crippen molar-refractivity contribution < 1.29 is 49.3 Å². The van der Waals surface area contributed by atoms with Crippen molar-refractivity contribution in [3.63, 3.8) is 0 Å². The number of aliphatic hydroxyl groups is 4. The van der Waals surface area contributed by atoms with E-state index in [0.29, 0.717) is 42.2 Å². The van der Waals surface area contributed by atoms with Gasteiger partial charge in [-0.1, -0.05) is 38.5 Å². The number of hydrogen-bond donors (Lipinski definition) is 5. The maximum atomic E-state index is 12.0. The first-order chi connectivity index (χ1) is 18.2. The largest absolute Gasteiger partial charge is 0.488 e. The maximum absolute atomic E-state index is 12.0. The Hall–Kier alpha value is -1.95. The monoisotopic (exact) mass is 538 g/mol. The molecule has 4 rings (SSSR count). The number of aliphatic carboxylic acids is 1. The summed E-state index contributed by atoms with van der Waals surface area (Å²) in [6.07, 6.45) is 1.32. The van der Waals surface area contributed by atoms with Crippen molar-refractivity contribution in [2.75, 3.05) is 0 Å². The van der Waals surface area contributed by atoms with Crippen molar-refractivity contribution in [1.29, 1.82) is 0 Å². The Morgan fingerprint density at radius 1 is 0.921 bits per heavy atom. The highest BCUT2D eigenvalue weighted by atomic mass is 16.7. The molecule has 0 amide bonds. The third-order valence-corrected chi connectivity index (χ3v) is 8.00. The summed E-state index contributed by atoms with van der Waals surface area (Å²) in [6, 6.07) is 4.94. The zero-order valence-corrected chi connectivity index (χ0v) is 22.0. The molecule has 0 spiro atoms. The number of carboxylic acid groups (broad SMARTS) is 1. The maximum Gasteiger partial charge on any atom is 0.344 e. The van der Waals surface area contributed by atoms with Gasteiger partial charge in [-0.05, 0) is 56.2 Å². The topological polar surface area (TPSA) is 155 Å². The highest BCUT2D eigenvalue weighted by molar-refractivity contribution is 5.72. The molecule has 5 N–H and O–H groups in total. The molecular formula is C28H42O10.